The lowest BCUT2D eigenvalue weighted by molar-refractivity contribution is -0.116. The summed E-state index contributed by atoms with van der Waals surface area (Å²) in [5.41, 5.74) is 1.99. The van der Waals surface area contributed by atoms with Crippen LogP contribution in [0.4, 0.5) is 4.79 Å². The van der Waals surface area contributed by atoms with E-state index in [1.807, 2.05) is 31.2 Å². The zero-order chi connectivity index (χ0) is 12.0. The van der Waals surface area contributed by atoms with Crippen LogP contribution in [0.15, 0.2) is 34.5 Å². The predicted octanol–water partition coefficient (Wildman–Crippen LogP) is 2.63. The Kier molecular flexibility index (Phi) is 4.32. The van der Waals surface area contributed by atoms with Crippen LogP contribution in [0.5, 0.6) is 0 Å². The fourth-order valence-electron chi connectivity index (χ4n) is 0.969. The third-order valence-electron chi connectivity index (χ3n) is 1.76. The molecule has 5 heteroatoms. The molecule has 0 atom stereocenters. The first-order valence-electron chi connectivity index (χ1n) is 4.72. The van der Waals surface area contributed by atoms with E-state index in [1.54, 1.807) is 0 Å². The summed E-state index contributed by atoms with van der Waals surface area (Å²) in [5, 5.41) is 6.13. The first-order chi connectivity index (χ1) is 7.58. The van der Waals surface area contributed by atoms with Crippen molar-refractivity contribution in [3.8, 4) is 0 Å². The Morgan fingerprint density at radius 2 is 1.81 bits per heavy atom. The number of rotatable bonds is 2. The number of carbonyl (C=O) groups excluding carboxylic acids is 2. The molecule has 0 N–H and O–H groups in total. The lowest BCUT2D eigenvalue weighted by Gasteiger charge is -2.01. The van der Waals surface area contributed by atoms with Crippen molar-refractivity contribution in [2.45, 2.75) is 20.5 Å². The number of benzene rings is 1. The van der Waals surface area contributed by atoms with Gasteiger partial charge in [0.2, 0.25) is 0 Å². The van der Waals surface area contributed by atoms with E-state index < -0.39 is 12.0 Å². The third kappa shape index (κ3) is 4.45. The van der Waals surface area contributed by atoms with Crippen molar-refractivity contribution in [2.75, 3.05) is 0 Å². The van der Waals surface area contributed by atoms with Crippen LogP contribution in [0.25, 0.3) is 0 Å². The molecular formula is C11H12N2O3. The van der Waals surface area contributed by atoms with Gasteiger partial charge in [0.05, 0.1) is 0 Å². The summed E-state index contributed by atoms with van der Waals surface area (Å²) >= 11 is 0. The monoisotopic (exact) mass is 220 g/mol. The van der Waals surface area contributed by atoms with E-state index in [1.165, 1.54) is 6.92 Å². The highest BCUT2D eigenvalue weighted by Gasteiger charge is 2.01. The minimum Gasteiger partial charge on any atom is -0.442 e. The first kappa shape index (κ1) is 12.0. The topological polar surface area (TPSA) is 68.1 Å². The highest BCUT2D eigenvalue weighted by Crippen LogP contribution is 2.05. The summed E-state index contributed by atoms with van der Waals surface area (Å²) in [4.78, 5) is 21.3. The van der Waals surface area contributed by atoms with Crippen LogP contribution in [-0.4, -0.2) is 12.0 Å². The molecule has 84 valence electrons. The molecule has 0 aliphatic rings. The molecule has 0 fully saturated rings. The minimum atomic E-state index is -0.865. The summed E-state index contributed by atoms with van der Waals surface area (Å²) in [6.45, 7) is 3.30. The minimum absolute atomic E-state index is 0.121. The summed E-state index contributed by atoms with van der Waals surface area (Å²) < 4.78 is 4.77. The van der Waals surface area contributed by atoms with Gasteiger partial charge in [0.15, 0.2) is 0 Å². The molecule has 5 nitrogen and oxygen atoms in total. The van der Waals surface area contributed by atoms with Crippen LogP contribution in [-0.2, 0) is 16.1 Å². The van der Waals surface area contributed by atoms with Gasteiger partial charge in [-0.2, -0.15) is 0 Å². The summed E-state index contributed by atoms with van der Waals surface area (Å²) in [5.74, 6) is -0.535. The molecule has 2 amide bonds. The molecule has 0 saturated heterocycles. The predicted molar refractivity (Wildman–Crippen MR) is 56.9 cm³/mol. The quantitative estimate of drug-likeness (QED) is 0.719. The van der Waals surface area contributed by atoms with Crippen LogP contribution in [0.3, 0.4) is 0 Å². The number of carbonyl (C=O) groups is 2. The molecule has 0 heterocycles. The maximum absolute atomic E-state index is 11.0. The molecule has 1 rings (SSSR count). The van der Waals surface area contributed by atoms with Gasteiger partial charge in [0.1, 0.15) is 6.61 Å². The van der Waals surface area contributed by atoms with Crippen molar-refractivity contribution in [1.29, 1.82) is 0 Å². The number of hydrogen-bond donors (Lipinski definition) is 0. The number of amides is 2. The molecule has 0 aliphatic carbocycles. The molecular weight excluding hydrogens is 208 g/mol. The lowest BCUT2D eigenvalue weighted by Crippen LogP contribution is -1.99. The van der Waals surface area contributed by atoms with E-state index in [4.69, 9.17) is 4.74 Å². The Morgan fingerprint density at radius 3 is 2.38 bits per heavy atom. The summed E-state index contributed by atoms with van der Waals surface area (Å²) in [6.07, 6.45) is -0.865. The maximum atomic E-state index is 11.0. The number of nitrogens with zero attached hydrogens (tertiary/aromatic N) is 2. The number of hydrogen-bond acceptors (Lipinski definition) is 3. The Balaban J connectivity index is 2.43. The zero-order valence-corrected chi connectivity index (χ0v) is 9.14. The van der Waals surface area contributed by atoms with Crippen LogP contribution in [0, 0.1) is 6.92 Å². The van der Waals surface area contributed by atoms with E-state index in [2.05, 4.69) is 10.2 Å². The highest BCUT2D eigenvalue weighted by atomic mass is 16.5. The Bertz CT molecular complexity index is 410. The van der Waals surface area contributed by atoms with Crippen molar-refractivity contribution in [3.05, 3.63) is 35.4 Å². The molecule has 0 spiro atoms. The molecule has 1 aromatic rings. The molecule has 0 saturated carbocycles. The Labute approximate surface area is 93.1 Å². The van der Waals surface area contributed by atoms with E-state index in [0.717, 1.165) is 11.1 Å². The van der Waals surface area contributed by atoms with E-state index in [9.17, 15) is 9.59 Å². The highest BCUT2D eigenvalue weighted by molar-refractivity contribution is 5.76. The number of aryl methyl sites for hydroxylation is 1. The lowest BCUT2D eigenvalue weighted by atomic mass is 10.2. The summed E-state index contributed by atoms with van der Waals surface area (Å²) in [7, 11) is 0. The van der Waals surface area contributed by atoms with E-state index in [-0.39, 0.29) is 6.61 Å². The number of azo groups is 1. The molecule has 0 aliphatic heterocycles. The average molecular weight is 220 g/mol. The maximum Gasteiger partial charge on any atom is 0.452 e. The largest absolute Gasteiger partial charge is 0.452 e. The van der Waals surface area contributed by atoms with Crippen molar-refractivity contribution in [2.24, 2.45) is 10.2 Å². The summed E-state index contributed by atoms with van der Waals surface area (Å²) in [6, 6.07) is 7.54. The fraction of sp³-hybridized carbons (Fsp3) is 0.273. The van der Waals surface area contributed by atoms with Gasteiger partial charge in [-0.25, -0.2) is 4.79 Å². The van der Waals surface area contributed by atoms with Crippen molar-refractivity contribution < 1.29 is 14.3 Å². The fourth-order valence-corrected chi connectivity index (χ4v) is 0.969. The second-order valence-electron chi connectivity index (χ2n) is 3.26. The molecule has 0 unspecified atom stereocenters. The van der Waals surface area contributed by atoms with Crippen LogP contribution in [0.2, 0.25) is 0 Å². The van der Waals surface area contributed by atoms with Crippen LogP contribution < -0.4 is 0 Å². The third-order valence-corrected chi connectivity index (χ3v) is 1.76. The van der Waals surface area contributed by atoms with Gasteiger partial charge in [-0.1, -0.05) is 34.9 Å². The first-order valence-corrected chi connectivity index (χ1v) is 4.72. The van der Waals surface area contributed by atoms with Gasteiger partial charge in [-0.05, 0) is 12.5 Å². The molecule has 1 aromatic carbocycles. The van der Waals surface area contributed by atoms with Crippen molar-refractivity contribution in [3.63, 3.8) is 0 Å². The normalized spacial score (nSPS) is 10.4. The second-order valence-corrected chi connectivity index (χ2v) is 3.26. The van der Waals surface area contributed by atoms with Gasteiger partial charge in [0.25, 0.3) is 5.91 Å². The molecule has 16 heavy (non-hydrogen) atoms. The second kappa shape index (κ2) is 5.75. The SMILES string of the molecule is CC(=O)/N=N/C(=O)OCc1ccc(C)cc1. The zero-order valence-electron chi connectivity index (χ0n) is 9.14. The van der Waals surface area contributed by atoms with Gasteiger partial charge in [0, 0.05) is 6.92 Å². The number of ether oxygens (including phenoxy) is 1. The van der Waals surface area contributed by atoms with Crippen molar-refractivity contribution in [1.82, 2.24) is 0 Å². The van der Waals surface area contributed by atoms with Gasteiger partial charge < -0.3 is 4.74 Å². The average Bonchev–Trinajstić information content (AvgIpc) is 2.25. The van der Waals surface area contributed by atoms with Gasteiger partial charge in [-0.15, -0.1) is 5.11 Å². The van der Waals surface area contributed by atoms with Crippen LogP contribution >= 0.6 is 0 Å². The van der Waals surface area contributed by atoms with Gasteiger partial charge >= 0.3 is 6.09 Å². The molecule has 0 bridgehead atoms. The smallest absolute Gasteiger partial charge is 0.442 e. The standard InChI is InChI=1S/C11H12N2O3/c1-8-3-5-10(6-4-8)7-16-11(15)13-12-9(2)14/h3-6H,7H2,1-2H3/b13-12+. The Hall–Kier alpha value is -2.04. The van der Waals surface area contributed by atoms with E-state index >= 15 is 0 Å². The Morgan fingerprint density at radius 1 is 1.19 bits per heavy atom. The molecule has 0 aromatic heterocycles. The van der Waals surface area contributed by atoms with Gasteiger partial charge in [-0.3, -0.25) is 4.79 Å². The van der Waals surface area contributed by atoms with E-state index in [0.29, 0.717) is 0 Å². The van der Waals surface area contributed by atoms with Crippen LogP contribution in [0.1, 0.15) is 18.1 Å². The van der Waals surface area contributed by atoms with Crippen molar-refractivity contribution >= 4 is 12.0 Å². The molecule has 0 radical (unpaired) electrons.